The van der Waals surface area contributed by atoms with Gasteiger partial charge in [-0.2, -0.15) is 9.61 Å². The van der Waals surface area contributed by atoms with Crippen LogP contribution in [0.3, 0.4) is 0 Å². The van der Waals surface area contributed by atoms with E-state index in [0.717, 1.165) is 48.2 Å². The molecule has 0 atom stereocenters. The molecule has 0 unspecified atom stereocenters. The van der Waals surface area contributed by atoms with E-state index in [1.165, 1.54) is 0 Å². The molecule has 0 aliphatic carbocycles. The molecule has 2 N–H and O–H groups in total. The monoisotopic (exact) mass is 417 g/mol. The molecule has 0 saturated carbocycles. The minimum Gasteiger partial charge on any atom is -0.411 e. The molecule has 1 aliphatic heterocycles. The molecule has 1 aromatic carbocycles. The average Bonchev–Trinajstić information content (AvgIpc) is 3.21. The van der Waals surface area contributed by atoms with Crippen LogP contribution in [0.1, 0.15) is 36.8 Å². The molecule has 4 aromatic rings. The van der Waals surface area contributed by atoms with Crippen molar-refractivity contribution >= 4 is 27.9 Å². The van der Waals surface area contributed by atoms with Gasteiger partial charge in [0, 0.05) is 31.1 Å². The van der Waals surface area contributed by atoms with Crippen molar-refractivity contribution in [3.8, 4) is 0 Å². The van der Waals surface area contributed by atoms with E-state index in [0.29, 0.717) is 35.3 Å². The van der Waals surface area contributed by atoms with E-state index in [2.05, 4.69) is 42.9 Å². The third kappa shape index (κ3) is 4.04. The number of hydrogen-bond acceptors (Lipinski definition) is 8. The van der Waals surface area contributed by atoms with Crippen molar-refractivity contribution in [2.45, 2.75) is 32.2 Å². The van der Waals surface area contributed by atoms with Gasteiger partial charge in [-0.15, -0.1) is 10.2 Å². The Labute approximate surface area is 178 Å². The molecule has 31 heavy (non-hydrogen) atoms. The number of nitrogens with zero attached hydrogens (tertiary/aromatic N) is 6. The second-order valence-corrected chi connectivity index (χ2v) is 7.75. The van der Waals surface area contributed by atoms with Gasteiger partial charge in [0.1, 0.15) is 11.4 Å². The van der Waals surface area contributed by atoms with E-state index < -0.39 is 0 Å². The van der Waals surface area contributed by atoms with Crippen LogP contribution in [0.5, 0.6) is 0 Å². The van der Waals surface area contributed by atoms with Crippen LogP contribution < -0.4 is 5.32 Å². The standard InChI is InChI=1S/C22H23N7O2/c1-14(28-30)19-4-5-21-25-26-22(29(21)27-19)11-15-2-3-20-16(10-15)12-18(13-23-20)24-17-6-8-31-9-7-17/h2-5,10,12-13,17,24,30H,6-9,11H2,1H3/b28-14+. The van der Waals surface area contributed by atoms with Crippen molar-refractivity contribution in [1.29, 1.82) is 0 Å². The summed E-state index contributed by atoms with van der Waals surface area (Å²) in [5.74, 6) is 0.714. The fourth-order valence-corrected chi connectivity index (χ4v) is 3.82. The van der Waals surface area contributed by atoms with E-state index in [9.17, 15) is 0 Å². The number of hydrogen-bond donors (Lipinski definition) is 2. The highest BCUT2D eigenvalue weighted by Gasteiger charge is 2.14. The first kappa shape index (κ1) is 19.4. The molecule has 9 nitrogen and oxygen atoms in total. The predicted molar refractivity (Wildman–Crippen MR) is 117 cm³/mol. The lowest BCUT2D eigenvalue weighted by Crippen LogP contribution is -2.27. The van der Waals surface area contributed by atoms with Crippen molar-refractivity contribution in [3.63, 3.8) is 0 Å². The third-order valence-corrected chi connectivity index (χ3v) is 5.55. The maximum atomic E-state index is 9.03. The van der Waals surface area contributed by atoms with Crippen LogP contribution in [0.25, 0.3) is 16.6 Å². The van der Waals surface area contributed by atoms with Crippen LogP contribution in [0.2, 0.25) is 0 Å². The van der Waals surface area contributed by atoms with Gasteiger partial charge in [0.25, 0.3) is 0 Å². The van der Waals surface area contributed by atoms with E-state index in [1.54, 1.807) is 17.5 Å². The Morgan fingerprint density at radius 3 is 2.90 bits per heavy atom. The lowest BCUT2D eigenvalue weighted by atomic mass is 10.1. The molecule has 5 rings (SSSR count). The number of aromatic nitrogens is 5. The first-order valence-electron chi connectivity index (χ1n) is 10.3. The van der Waals surface area contributed by atoms with Gasteiger partial charge < -0.3 is 15.3 Å². The zero-order valence-corrected chi connectivity index (χ0v) is 17.2. The summed E-state index contributed by atoms with van der Waals surface area (Å²) in [4.78, 5) is 4.60. The zero-order valence-electron chi connectivity index (χ0n) is 17.2. The molecule has 158 valence electrons. The largest absolute Gasteiger partial charge is 0.411 e. The van der Waals surface area contributed by atoms with Crippen LogP contribution in [0.15, 0.2) is 47.8 Å². The first-order valence-corrected chi connectivity index (χ1v) is 10.3. The van der Waals surface area contributed by atoms with Crippen LogP contribution in [-0.4, -0.2) is 55.0 Å². The van der Waals surface area contributed by atoms with E-state index in [1.807, 2.05) is 24.4 Å². The van der Waals surface area contributed by atoms with Crippen molar-refractivity contribution in [2.75, 3.05) is 18.5 Å². The minimum atomic E-state index is 0.421. The quantitative estimate of drug-likeness (QED) is 0.292. The number of oxime groups is 1. The first-order chi connectivity index (χ1) is 15.2. The van der Waals surface area contributed by atoms with Gasteiger partial charge in [0.05, 0.1) is 17.4 Å². The summed E-state index contributed by atoms with van der Waals surface area (Å²) in [7, 11) is 0. The molecule has 1 aliphatic rings. The number of ether oxygens (including phenoxy) is 1. The molecule has 1 fully saturated rings. The fraction of sp³-hybridized carbons (Fsp3) is 0.318. The topological polar surface area (TPSA) is 110 Å². The van der Waals surface area contributed by atoms with Crippen molar-refractivity contribution < 1.29 is 9.94 Å². The maximum absolute atomic E-state index is 9.03. The average molecular weight is 417 g/mol. The minimum absolute atomic E-state index is 0.421. The number of anilines is 1. The summed E-state index contributed by atoms with van der Waals surface area (Å²) < 4.78 is 7.13. The second kappa shape index (κ2) is 8.27. The SMILES string of the molecule is C/C(=N\O)c1ccc2nnc(Cc3ccc4ncc(NC5CCOCC5)cc4c3)n2n1. The highest BCUT2D eigenvalue weighted by molar-refractivity contribution is 5.96. The molecule has 0 amide bonds. The Hall–Kier alpha value is -3.59. The van der Waals surface area contributed by atoms with Gasteiger partial charge in [0.2, 0.25) is 0 Å². The van der Waals surface area contributed by atoms with Gasteiger partial charge in [0.15, 0.2) is 11.5 Å². The van der Waals surface area contributed by atoms with E-state index >= 15 is 0 Å². The van der Waals surface area contributed by atoms with Gasteiger partial charge in [-0.1, -0.05) is 11.2 Å². The van der Waals surface area contributed by atoms with Crippen molar-refractivity contribution in [2.24, 2.45) is 5.16 Å². The zero-order chi connectivity index (χ0) is 21.2. The molecule has 0 bridgehead atoms. The summed E-state index contributed by atoms with van der Waals surface area (Å²) >= 11 is 0. The number of rotatable bonds is 5. The second-order valence-electron chi connectivity index (χ2n) is 7.75. The number of benzene rings is 1. The maximum Gasteiger partial charge on any atom is 0.177 e. The van der Waals surface area contributed by atoms with Crippen molar-refractivity contribution in [1.82, 2.24) is 24.8 Å². The molecule has 3 aromatic heterocycles. The summed E-state index contributed by atoms with van der Waals surface area (Å²) in [6.07, 6.45) is 4.47. The molecule has 4 heterocycles. The highest BCUT2D eigenvalue weighted by atomic mass is 16.5. The molecule has 0 spiro atoms. The van der Waals surface area contributed by atoms with Crippen LogP contribution in [-0.2, 0) is 11.2 Å². The van der Waals surface area contributed by atoms with Gasteiger partial charge >= 0.3 is 0 Å². The summed E-state index contributed by atoms with van der Waals surface area (Å²) in [5, 5.41) is 29.9. The van der Waals surface area contributed by atoms with Crippen LogP contribution in [0.4, 0.5) is 5.69 Å². The Morgan fingerprint density at radius 1 is 1.19 bits per heavy atom. The van der Waals surface area contributed by atoms with E-state index in [-0.39, 0.29) is 0 Å². The Morgan fingerprint density at radius 2 is 2.06 bits per heavy atom. The lowest BCUT2D eigenvalue weighted by molar-refractivity contribution is 0.0904. The predicted octanol–water partition coefficient (Wildman–Crippen LogP) is 3.05. The highest BCUT2D eigenvalue weighted by Crippen LogP contribution is 2.22. The van der Waals surface area contributed by atoms with Crippen LogP contribution in [0, 0.1) is 0 Å². The summed E-state index contributed by atoms with van der Waals surface area (Å²) in [6, 6.07) is 12.3. The smallest absolute Gasteiger partial charge is 0.177 e. The molecular weight excluding hydrogens is 394 g/mol. The Kier molecular flexibility index (Phi) is 5.17. The molecular formula is C22H23N7O2. The van der Waals surface area contributed by atoms with Gasteiger partial charge in [-0.25, -0.2) is 0 Å². The number of pyridine rings is 1. The fourth-order valence-electron chi connectivity index (χ4n) is 3.82. The lowest BCUT2D eigenvalue weighted by Gasteiger charge is -2.24. The molecule has 1 saturated heterocycles. The third-order valence-electron chi connectivity index (χ3n) is 5.55. The van der Waals surface area contributed by atoms with Crippen molar-refractivity contribution in [3.05, 3.63) is 59.7 Å². The Balaban J connectivity index is 1.42. The van der Waals surface area contributed by atoms with E-state index in [4.69, 9.17) is 9.94 Å². The van der Waals surface area contributed by atoms with Crippen LogP contribution >= 0.6 is 0 Å². The normalized spacial score (nSPS) is 15.6. The number of fused-ring (bicyclic) bond motifs is 2. The summed E-state index contributed by atoms with van der Waals surface area (Å²) in [5.41, 5.74) is 4.71. The summed E-state index contributed by atoms with van der Waals surface area (Å²) in [6.45, 7) is 3.30. The van der Waals surface area contributed by atoms with Gasteiger partial charge in [-0.3, -0.25) is 4.98 Å². The Bertz CT molecular complexity index is 1260. The molecule has 9 heteroatoms. The molecule has 0 radical (unpaired) electrons. The van der Waals surface area contributed by atoms with Gasteiger partial charge in [-0.05, 0) is 55.7 Å². The number of nitrogens with one attached hydrogen (secondary N) is 1.